The molecule has 0 aromatic rings. The maximum atomic E-state index is 5.52. The van der Waals surface area contributed by atoms with Crippen molar-refractivity contribution in [3.05, 3.63) is 12.2 Å². The van der Waals surface area contributed by atoms with E-state index in [1.807, 2.05) is 13.1 Å². The van der Waals surface area contributed by atoms with Crippen molar-refractivity contribution >= 4 is 0 Å². The van der Waals surface area contributed by atoms with Crippen LogP contribution >= 0.6 is 0 Å². The second-order valence-electron chi connectivity index (χ2n) is 1.86. The lowest BCUT2D eigenvalue weighted by Crippen LogP contribution is -2.33. The number of nitrogens with two attached hydrogens (primary N) is 1. The molecule has 2 N–H and O–H groups in total. The van der Waals surface area contributed by atoms with Gasteiger partial charge in [-0.25, -0.2) is 0 Å². The van der Waals surface area contributed by atoms with Crippen LogP contribution in [-0.2, 0) is 0 Å². The van der Waals surface area contributed by atoms with E-state index >= 15 is 0 Å². The first kappa shape index (κ1) is 4.81. The highest BCUT2D eigenvalue weighted by molar-refractivity contribution is 4.99. The van der Waals surface area contributed by atoms with Crippen LogP contribution in [0.5, 0.6) is 0 Å². The summed E-state index contributed by atoms with van der Waals surface area (Å²) in [5.41, 5.74) is 5.52. The van der Waals surface area contributed by atoms with E-state index in [0.717, 1.165) is 6.54 Å². The van der Waals surface area contributed by atoms with Gasteiger partial charge in [-0.05, 0) is 7.05 Å². The van der Waals surface area contributed by atoms with E-state index in [4.69, 9.17) is 5.73 Å². The quantitative estimate of drug-likeness (QED) is 0.424. The summed E-state index contributed by atoms with van der Waals surface area (Å²) in [6.07, 6.45) is 4.24. The van der Waals surface area contributed by atoms with Gasteiger partial charge in [-0.2, -0.15) is 0 Å². The summed E-state index contributed by atoms with van der Waals surface area (Å²) in [4.78, 5) is 2.07. The molecule has 2 heteroatoms. The molecule has 7 heavy (non-hydrogen) atoms. The average molecular weight is 98.1 g/mol. The highest BCUT2D eigenvalue weighted by atomic mass is 15.2. The fourth-order valence-electron chi connectivity index (χ4n) is 0.635. The van der Waals surface area contributed by atoms with Gasteiger partial charge in [0, 0.05) is 6.54 Å². The Labute approximate surface area is 43.6 Å². The highest BCUT2D eigenvalue weighted by Crippen LogP contribution is 1.98. The SMILES string of the molecule is CN1CC=CC1N. The van der Waals surface area contributed by atoms with Gasteiger partial charge in [-0.1, -0.05) is 12.2 Å². The van der Waals surface area contributed by atoms with E-state index in [-0.39, 0.29) is 6.17 Å². The predicted molar refractivity (Wildman–Crippen MR) is 29.7 cm³/mol. The molecule has 0 saturated heterocycles. The standard InChI is InChI=1S/C5H10N2/c1-7-4-2-3-5(7)6/h2-3,5H,4,6H2,1H3. The van der Waals surface area contributed by atoms with Crippen molar-refractivity contribution in [2.24, 2.45) is 5.73 Å². The molecule has 0 radical (unpaired) electrons. The Morgan fingerprint density at radius 2 is 2.57 bits per heavy atom. The Morgan fingerprint density at radius 1 is 1.86 bits per heavy atom. The monoisotopic (exact) mass is 98.1 g/mol. The molecule has 0 spiro atoms. The fourth-order valence-corrected chi connectivity index (χ4v) is 0.635. The average Bonchev–Trinajstić information content (AvgIpc) is 1.91. The Balaban J connectivity index is 2.45. The van der Waals surface area contributed by atoms with Gasteiger partial charge in [0.25, 0.3) is 0 Å². The van der Waals surface area contributed by atoms with Gasteiger partial charge in [0.1, 0.15) is 0 Å². The molecule has 0 amide bonds. The van der Waals surface area contributed by atoms with E-state index in [0.29, 0.717) is 0 Å². The lowest BCUT2D eigenvalue weighted by molar-refractivity contribution is 0.340. The minimum Gasteiger partial charge on any atom is -0.312 e. The first-order valence-electron chi connectivity index (χ1n) is 2.43. The van der Waals surface area contributed by atoms with E-state index in [9.17, 15) is 0 Å². The number of hydrogen-bond acceptors (Lipinski definition) is 2. The van der Waals surface area contributed by atoms with E-state index in [2.05, 4.69) is 11.0 Å². The van der Waals surface area contributed by atoms with Crippen LogP contribution < -0.4 is 5.73 Å². The summed E-state index contributed by atoms with van der Waals surface area (Å²) in [5.74, 6) is 0. The van der Waals surface area contributed by atoms with Gasteiger partial charge in [-0.3, -0.25) is 4.90 Å². The van der Waals surface area contributed by atoms with Crippen molar-refractivity contribution in [3.63, 3.8) is 0 Å². The Morgan fingerprint density at radius 3 is 2.71 bits per heavy atom. The van der Waals surface area contributed by atoms with Gasteiger partial charge >= 0.3 is 0 Å². The topological polar surface area (TPSA) is 29.3 Å². The molecule has 0 fully saturated rings. The Bertz CT molecular complexity index is 88.1. The fraction of sp³-hybridized carbons (Fsp3) is 0.600. The molecular weight excluding hydrogens is 88.1 g/mol. The third kappa shape index (κ3) is 0.813. The van der Waals surface area contributed by atoms with Crippen molar-refractivity contribution in [2.45, 2.75) is 6.17 Å². The molecule has 0 bridgehead atoms. The van der Waals surface area contributed by atoms with Crippen molar-refractivity contribution in [2.75, 3.05) is 13.6 Å². The van der Waals surface area contributed by atoms with Crippen LogP contribution in [0.15, 0.2) is 12.2 Å². The summed E-state index contributed by atoms with van der Waals surface area (Å²) in [5, 5.41) is 0. The molecule has 1 atom stereocenters. The van der Waals surface area contributed by atoms with Crippen LogP contribution in [-0.4, -0.2) is 24.7 Å². The third-order valence-corrected chi connectivity index (χ3v) is 1.24. The largest absolute Gasteiger partial charge is 0.312 e. The normalized spacial score (nSPS) is 32.0. The van der Waals surface area contributed by atoms with Gasteiger partial charge in [-0.15, -0.1) is 0 Å². The molecule has 40 valence electrons. The van der Waals surface area contributed by atoms with E-state index in [1.165, 1.54) is 0 Å². The minimum absolute atomic E-state index is 0.167. The molecule has 0 aromatic heterocycles. The molecule has 0 aromatic carbocycles. The van der Waals surface area contributed by atoms with E-state index in [1.54, 1.807) is 0 Å². The predicted octanol–water partition coefficient (Wildman–Crippen LogP) is -0.227. The van der Waals surface area contributed by atoms with Crippen LogP contribution in [0.25, 0.3) is 0 Å². The zero-order chi connectivity index (χ0) is 5.28. The Hall–Kier alpha value is -0.340. The lowest BCUT2D eigenvalue weighted by atomic mass is 10.5. The second-order valence-corrected chi connectivity index (χ2v) is 1.86. The molecule has 2 nitrogen and oxygen atoms in total. The smallest absolute Gasteiger partial charge is 0.0764 e. The Kier molecular flexibility index (Phi) is 1.13. The molecule has 1 heterocycles. The highest BCUT2D eigenvalue weighted by Gasteiger charge is 2.07. The molecule has 1 rings (SSSR count). The first-order chi connectivity index (χ1) is 3.30. The molecule has 1 unspecified atom stereocenters. The van der Waals surface area contributed by atoms with Crippen molar-refractivity contribution in [1.29, 1.82) is 0 Å². The first-order valence-corrected chi connectivity index (χ1v) is 2.43. The maximum Gasteiger partial charge on any atom is 0.0764 e. The molecule has 0 saturated carbocycles. The summed E-state index contributed by atoms with van der Waals surface area (Å²) in [6.45, 7) is 1.00. The number of hydrogen-bond donors (Lipinski definition) is 1. The van der Waals surface area contributed by atoms with Gasteiger partial charge < -0.3 is 5.73 Å². The molecule has 1 aliphatic heterocycles. The third-order valence-electron chi connectivity index (χ3n) is 1.24. The zero-order valence-corrected chi connectivity index (χ0v) is 4.46. The summed E-state index contributed by atoms with van der Waals surface area (Å²) in [6, 6.07) is 0. The number of rotatable bonds is 0. The number of nitrogens with zero attached hydrogens (tertiary/aromatic N) is 1. The number of likely N-dealkylation sites (N-methyl/N-ethyl adjacent to an activating group) is 1. The summed E-state index contributed by atoms with van der Waals surface area (Å²) < 4.78 is 0. The van der Waals surface area contributed by atoms with Crippen molar-refractivity contribution < 1.29 is 0 Å². The van der Waals surface area contributed by atoms with Crippen LogP contribution in [0, 0.1) is 0 Å². The maximum absolute atomic E-state index is 5.52. The van der Waals surface area contributed by atoms with Crippen LogP contribution in [0.3, 0.4) is 0 Å². The van der Waals surface area contributed by atoms with Crippen molar-refractivity contribution in [3.8, 4) is 0 Å². The van der Waals surface area contributed by atoms with Crippen LogP contribution in [0.1, 0.15) is 0 Å². The molecule has 1 aliphatic rings. The lowest BCUT2D eigenvalue weighted by Gasteiger charge is -2.12. The minimum atomic E-state index is 0.167. The zero-order valence-electron chi connectivity index (χ0n) is 4.46. The summed E-state index contributed by atoms with van der Waals surface area (Å²) in [7, 11) is 2.00. The summed E-state index contributed by atoms with van der Waals surface area (Å²) >= 11 is 0. The van der Waals surface area contributed by atoms with E-state index < -0.39 is 0 Å². The van der Waals surface area contributed by atoms with Crippen molar-refractivity contribution in [1.82, 2.24) is 4.90 Å². The van der Waals surface area contributed by atoms with Crippen LogP contribution in [0.2, 0.25) is 0 Å². The van der Waals surface area contributed by atoms with Gasteiger partial charge in [0.15, 0.2) is 0 Å². The molecule has 0 aliphatic carbocycles. The molecular formula is C5H10N2. The van der Waals surface area contributed by atoms with Gasteiger partial charge in [0.05, 0.1) is 6.17 Å². The van der Waals surface area contributed by atoms with Crippen LogP contribution in [0.4, 0.5) is 0 Å². The second kappa shape index (κ2) is 1.64. The van der Waals surface area contributed by atoms with Gasteiger partial charge in [0.2, 0.25) is 0 Å².